The van der Waals surface area contributed by atoms with Gasteiger partial charge in [0.25, 0.3) is 0 Å². The topological polar surface area (TPSA) is 49.9 Å². The first kappa shape index (κ1) is 16.8. The van der Waals surface area contributed by atoms with E-state index in [-0.39, 0.29) is 24.0 Å². The minimum Gasteiger partial charge on any atom is -0.444 e. The molecule has 0 bridgehead atoms. The smallest absolute Gasteiger partial charge is 0.410 e. The molecule has 5 heteroatoms. The number of hydrogen-bond donors (Lipinski definition) is 0. The van der Waals surface area contributed by atoms with Crippen molar-refractivity contribution in [1.29, 1.82) is 0 Å². The molecule has 1 unspecified atom stereocenters. The van der Waals surface area contributed by atoms with E-state index in [1.54, 1.807) is 11.9 Å². The number of carbonyl (C=O) groups is 2. The van der Waals surface area contributed by atoms with Crippen molar-refractivity contribution in [3.63, 3.8) is 0 Å². The van der Waals surface area contributed by atoms with Crippen LogP contribution in [0.2, 0.25) is 0 Å². The normalized spacial score (nSPS) is 22.2. The summed E-state index contributed by atoms with van der Waals surface area (Å²) in [5.74, 6) is 0.345. The number of likely N-dealkylation sites (tertiary alicyclic amines) is 1. The minimum atomic E-state index is -0.494. The molecule has 0 N–H and O–H groups in total. The van der Waals surface area contributed by atoms with E-state index in [0.717, 1.165) is 32.2 Å². The monoisotopic (exact) mass is 308 g/mol. The van der Waals surface area contributed by atoms with Gasteiger partial charge in [-0.25, -0.2) is 4.79 Å². The van der Waals surface area contributed by atoms with Gasteiger partial charge in [-0.05, 0) is 46.5 Å². The van der Waals surface area contributed by atoms with Gasteiger partial charge in [-0.15, -0.1) is 0 Å². The van der Waals surface area contributed by atoms with Gasteiger partial charge in [0, 0.05) is 32.1 Å². The van der Waals surface area contributed by atoms with E-state index in [2.05, 4.69) is 12.2 Å². The lowest BCUT2D eigenvalue weighted by Gasteiger charge is -2.31. The van der Waals surface area contributed by atoms with Crippen molar-refractivity contribution in [2.75, 3.05) is 20.1 Å². The van der Waals surface area contributed by atoms with E-state index in [0.29, 0.717) is 6.54 Å². The Morgan fingerprint density at radius 3 is 2.50 bits per heavy atom. The Bertz CT molecular complexity index is 445. The van der Waals surface area contributed by atoms with Gasteiger partial charge in [-0.3, -0.25) is 4.79 Å². The third-order valence-corrected chi connectivity index (χ3v) is 4.21. The summed E-state index contributed by atoms with van der Waals surface area (Å²) < 4.78 is 5.38. The molecule has 0 saturated carbocycles. The van der Waals surface area contributed by atoms with Gasteiger partial charge in [0.1, 0.15) is 5.60 Å². The molecule has 0 aromatic carbocycles. The van der Waals surface area contributed by atoms with Gasteiger partial charge in [0.05, 0.1) is 0 Å². The number of ether oxygens (including phenoxy) is 1. The lowest BCUT2D eigenvalue weighted by Crippen LogP contribution is -2.46. The van der Waals surface area contributed by atoms with Gasteiger partial charge in [0.15, 0.2) is 0 Å². The Kier molecular flexibility index (Phi) is 5.14. The lowest BCUT2D eigenvalue weighted by atomic mass is 10.1. The summed E-state index contributed by atoms with van der Waals surface area (Å²) in [6.07, 6.45) is 7.52. The first-order chi connectivity index (χ1) is 10.3. The Morgan fingerprint density at radius 2 is 1.91 bits per heavy atom. The van der Waals surface area contributed by atoms with Crippen molar-refractivity contribution in [3.05, 3.63) is 12.2 Å². The number of nitrogens with zero attached hydrogens (tertiary/aromatic N) is 2. The highest BCUT2D eigenvalue weighted by Gasteiger charge is 2.34. The molecule has 5 nitrogen and oxygen atoms in total. The number of allylic oxidation sites excluding steroid dienone is 2. The van der Waals surface area contributed by atoms with Crippen LogP contribution in [-0.2, 0) is 9.53 Å². The number of carbonyl (C=O) groups excluding carboxylic acids is 2. The first-order valence-electron chi connectivity index (χ1n) is 8.17. The van der Waals surface area contributed by atoms with Crippen LogP contribution in [0.1, 0.15) is 46.5 Å². The van der Waals surface area contributed by atoms with Gasteiger partial charge < -0.3 is 14.5 Å². The average Bonchev–Trinajstić information content (AvgIpc) is 3.07. The van der Waals surface area contributed by atoms with Crippen molar-refractivity contribution < 1.29 is 14.3 Å². The van der Waals surface area contributed by atoms with Crippen molar-refractivity contribution in [2.24, 2.45) is 5.92 Å². The molecule has 2 amide bonds. The van der Waals surface area contributed by atoms with Gasteiger partial charge in [-0.2, -0.15) is 0 Å². The van der Waals surface area contributed by atoms with Crippen molar-refractivity contribution in [3.8, 4) is 0 Å². The highest BCUT2D eigenvalue weighted by molar-refractivity contribution is 5.80. The predicted molar refractivity (Wildman–Crippen MR) is 85.5 cm³/mol. The van der Waals surface area contributed by atoms with E-state index in [1.165, 1.54) is 0 Å². The van der Waals surface area contributed by atoms with Crippen LogP contribution in [0.4, 0.5) is 4.79 Å². The molecule has 1 atom stereocenters. The maximum atomic E-state index is 12.6. The fourth-order valence-electron chi connectivity index (χ4n) is 3.10. The molecule has 0 aromatic rings. The van der Waals surface area contributed by atoms with Crippen LogP contribution in [0.15, 0.2) is 12.2 Å². The molecule has 1 aliphatic carbocycles. The van der Waals surface area contributed by atoms with Crippen LogP contribution < -0.4 is 0 Å². The van der Waals surface area contributed by atoms with E-state index in [1.807, 2.05) is 25.7 Å². The number of hydrogen-bond acceptors (Lipinski definition) is 3. The molecule has 0 radical (unpaired) electrons. The summed E-state index contributed by atoms with van der Waals surface area (Å²) in [5.41, 5.74) is -0.494. The van der Waals surface area contributed by atoms with E-state index < -0.39 is 5.60 Å². The molecule has 22 heavy (non-hydrogen) atoms. The number of rotatable bonds is 3. The SMILES string of the molecule is CN(CC1CCCN1C(=O)C1CC=CC1)C(=O)OC(C)(C)C. The molecule has 0 aromatic heterocycles. The van der Waals surface area contributed by atoms with Crippen molar-refractivity contribution >= 4 is 12.0 Å². The zero-order valence-corrected chi connectivity index (χ0v) is 14.2. The average molecular weight is 308 g/mol. The second kappa shape index (κ2) is 6.71. The molecule has 1 fully saturated rings. The van der Waals surface area contributed by atoms with Gasteiger partial charge in [0.2, 0.25) is 5.91 Å². The first-order valence-corrected chi connectivity index (χ1v) is 8.17. The van der Waals surface area contributed by atoms with Crippen LogP contribution in [0, 0.1) is 5.92 Å². The number of likely N-dealkylation sites (N-methyl/N-ethyl adjacent to an activating group) is 1. The van der Waals surface area contributed by atoms with Gasteiger partial charge in [-0.1, -0.05) is 12.2 Å². The Morgan fingerprint density at radius 1 is 1.27 bits per heavy atom. The second-order valence-corrected chi connectivity index (χ2v) is 7.33. The van der Waals surface area contributed by atoms with E-state index in [4.69, 9.17) is 4.74 Å². The van der Waals surface area contributed by atoms with Crippen LogP contribution >= 0.6 is 0 Å². The third-order valence-electron chi connectivity index (χ3n) is 4.21. The molecule has 1 aliphatic heterocycles. The molecule has 1 saturated heterocycles. The van der Waals surface area contributed by atoms with Crippen LogP contribution in [0.5, 0.6) is 0 Å². The summed E-state index contributed by atoms with van der Waals surface area (Å²) in [5, 5.41) is 0. The van der Waals surface area contributed by atoms with E-state index >= 15 is 0 Å². The summed E-state index contributed by atoms with van der Waals surface area (Å²) in [6.45, 7) is 6.93. The van der Waals surface area contributed by atoms with Crippen LogP contribution in [-0.4, -0.2) is 53.6 Å². The second-order valence-electron chi connectivity index (χ2n) is 7.33. The molecule has 2 aliphatic rings. The molecular weight excluding hydrogens is 280 g/mol. The minimum absolute atomic E-state index is 0.104. The molecule has 124 valence electrons. The molecule has 0 spiro atoms. The molecule has 1 heterocycles. The fourth-order valence-corrected chi connectivity index (χ4v) is 3.10. The Balaban J connectivity index is 1.90. The molecular formula is C17H28N2O3. The summed E-state index contributed by atoms with van der Waals surface area (Å²) in [4.78, 5) is 28.2. The standard InChI is InChI=1S/C17H28N2O3/c1-17(2,3)22-16(21)18(4)12-14-10-7-11-19(14)15(20)13-8-5-6-9-13/h5-6,13-14H,7-12H2,1-4H3. The predicted octanol–water partition coefficient (Wildman–Crippen LogP) is 2.81. The number of amides is 2. The van der Waals surface area contributed by atoms with Gasteiger partial charge >= 0.3 is 6.09 Å². The van der Waals surface area contributed by atoms with Crippen LogP contribution in [0.3, 0.4) is 0 Å². The highest BCUT2D eigenvalue weighted by atomic mass is 16.6. The third kappa shape index (κ3) is 4.24. The summed E-state index contributed by atoms with van der Waals surface area (Å²) >= 11 is 0. The lowest BCUT2D eigenvalue weighted by molar-refractivity contribution is -0.136. The Labute approximate surface area is 133 Å². The summed E-state index contributed by atoms with van der Waals surface area (Å²) in [7, 11) is 1.74. The maximum Gasteiger partial charge on any atom is 0.410 e. The summed E-state index contributed by atoms with van der Waals surface area (Å²) in [6, 6.07) is 0.116. The van der Waals surface area contributed by atoms with E-state index in [9.17, 15) is 9.59 Å². The van der Waals surface area contributed by atoms with Crippen molar-refractivity contribution in [2.45, 2.75) is 58.1 Å². The zero-order valence-electron chi connectivity index (χ0n) is 14.2. The van der Waals surface area contributed by atoms with Crippen molar-refractivity contribution in [1.82, 2.24) is 9.80 Å². The Hall–Kier alpha value is -1.52. The largest absolute Gasteiger partial charge is 0.444 e. The quantitative estimate of drug-likeness (QED) is 0.753. The molecule has 2 rings (SSSR count). The van der Waals surface area contributed by atoms with Crippen LogP contribution in [0.25, 0.3) is 0 Å². The highest BCUT2D eigenvalue weighted by Crippen LogP contribution is 2.26. The fraction of sp³-hybridized carbons (Fsp3) is 0.765. The zero-order chi connectivity index (χ0) is 16.3. The maximum absolute atomic E-state index is 12.6.